The first-order chi connectivity index (χ1) is 15.6. The van der Waals surface area contributed by atoms with E-state index in [0.717, 1.165) is 35.0 Å². The van der Waals surface area contributed by atoms with Gasteiger partial charge in [0.05, 0.1) is 11.9 Å². The molecule has 0 aliphatic rings. The van der Waals surface area contributed by atoms with Gasteiger partial charge in [0.15, 0.2) is 0 Å². The van der Waals surface area contributed by atoms with Crippen LogP contribution < -0.4 is 9.62 Å². The first kappa shape index (κ1) is 26.3. The lowest BCUT2D eigenvalue weighted by atomic mass is 10.1. The first-order valence-corrected chi connectivity index (χ1v) is 12.8. The van der Waals surface area contributed by atoms with Crippen LogP contribution in [-0.4, -0.2) is 57.1 Å². The van der Waals surface area contributed by atoms with Crippen molar-refractivity contribution in [2.24, 2.45) is 0 Å². The van der Waals surface area contributed by atoms with Crippen LogP contribution in [0.5, 0.6) is 0 Å². The van der Waals surface area contributed by atoms with Crippen LogP contribution in [0.4, 0.5) is 10.1 Å². The zero-order valence-electron chi connectivity index (χ0n) is 19.3. The van der Waals surface area contributed by atoms with Gasteiger partial charge < -0.3 is 10.2 Å². The van der Waals surface area contributed by atoms with Gasteiger partial charge in [-0.05, 0) is 37.5 Å². The number of benzene rings is 2. The molecule has 2 aromatic carbocycles. The molecule has 0 spiro atoms. The van der Waals surface area contributed by atoms with Crippen molar-refractivity contribution in [2.45, 2.75) is 39.2 Å². The van der Waals surface area contributed by atoms with Crippen LogP contribution in [0, 0.1) is 5.82 Å². The number of carbonyl (C=O) groups is 2. The normalized spacial score (nSPS) is 12.1. The molecule has 2 amide bonds. The van der Waals surface area contributed by atoms with E-state index in [1.807, 2.05) is 37.3 Å². The minimum absolute atomic E-state index is 0.208. The average molecular weight is 478 g/mol. The van der Waals surface area contributed by atoms with E-state index in [9.17, 15) is 22.4 Å². The maximum absolute atomic E-state index is 14.4. The Hall–Kier alpha value is -2.94. The number of anilines is 1. The van der Waals surface area contributed by atoms with E-state index in [-0.39, 0.29) is 18.1 Å². The third-order valence-electron chi connectivity index (χ3n) is 5.28. The zero-order valence-corrected chi connectivity index (χ0v) is 20.1. The second-order valence-electron chi connectivity index (χ2n) is 7.86. The highest BCUT2D eigenvalue weighted by Gasteiger charge is 2.30. The molecule has 2 aromatic rings. The molecule has 0 bridgehead atoms. The largest absolute Gasteiger partial charge is 0.354 e. The minimum Gasteiger partial charge on any atom is -0.354 e. The van der Waals surface area contributed by atoms with Gasteiger partial charge in [0.25, 0.3) is 0 Å². The van der Waals surface area contributed by atoms with Crippen molar-refractivity contribution in [3.05, 3.63) is 66.0 Å². The molecule has 0 aromatic heterocycles. The van der Waals surface area contributed by atoms with Gasteiger partial charge in [-0.15, -0.1) is 0 Å². The van der Waals surface area contributed by atoms with Crippen molar-refractivity contribution in [3.63, 3.8) is 0 Å². The summed E-state index contributed by atoms with van der Waals surface area (Å²) in [5, 5.41) is 2.82. The lowest BCUT2D eigenvalue weighted by molar-refractivity contribution is -0.138. The van der Waals surface area contributed by atoms with E-state index in [1.165, 1.54) is 23.1 Å². The fourth-order valence-electron chi connectivity index (χ4n) is 3.35. The fraction of sp³-hybridized carbons (Fsp3) is 0.417. The maximum atomic E-state index is 14.4. The van der Waals surface area contributed by atoms with Crippen LogP contribution in [-0.2, 0) is 26.0 Å². The molecule has 9 heteroatoms. The van der Waals surface area contributed by atoms with Gasteiger partial charge in [0.2, 0.25) is 21.8 Å². The van der Waals surface area contributed by atoms with Crippen molar-refractivity contribution >= 4 is 27.5 Å². The maximum Gasteiger partial charge on any atom is 0.244 e. The lowest BCUT2D eigenvalue weighted by Gasteiger charge is -2.31. The van der Waals surface area contributed by atoms with E-state index in [2.05, 4.69) is 5.32 Å². The van der Waals surface area contributed by atoms with E-state index >= 15 is 0 Å². The van der Waals surface area contributed by atoms with Gasteiger partial charge in [-0.1, -0.05) is 55.8 Å². The molecule has 33 heavy (non-hydrogen) atoms. The van der Waals surface area contributed by atoms with Crippen molar-refractivity contribution in [1.29, 1.82) is 0 Å². The molecule has 1 atom stereocenters. The van der Waals surface area contributed by atoms with Crippen molar-refractivity contribution < 1.29 is 22.4 Å². The number of hydrogen-bond acceptors (Lipinski definition) is 4. The Kier molecular flexibility index (Phi) is 9.84. The Morgan fingerprint density at radius 3 is 2.30 bits per heavy atom. The van der Waals surface area contributed by atoms with Crippen molar-refractivity contribution in [2.75, 3.05) is 30.2 Å². The zero-order chi connectivity index (χ0) is 24.4. The van der Waals surface area contributed by atoms with Crippen LogP contribution in [0.2, 0.25) is 0 Å². The van der Waals surface area contributed by atoms with Crippen molar-refractivity contribution in [1.82, 2.24) is 10.2 Å². The number of amides is 2. The molecule has 0 fully saturated rings. The molecule has 0 aliphatic heterocycles. The Morgan fingerprint density at radius 2 is 1.70 bits per heavy atom. The number of unbranched alkanes of at least 4 members (excludes halogenated alkanes) is 1. The van der Waals surface area contributed by atoms with Gasteiger partial charge in [-0.2, -0.15) is 0 Å². The van der Waals surface area contributed by atoms with Crippen LogP contribution >= 0.6 is 0 Å². The van der Waals surface area contributed by atoms with E-state index in [0.29, 0.717) is 13.0 Å². The molecule has 2 rings (SSSR count). The molecule has 0 aliphatic carbocycles. The molecule has 180 valence electrons. The molecule has 7 nitrogen and oxygen atoms in total. The molecular formula is C24H32FN3O4S. The molecular weight excluding hydrogens is 445 g/mol. The van der Waals surface area contributed by atoms with E-state index in [1.54, 1.807) is 6.92 Å². The summed E-state index contributed by atoms with van der Waals surface area (Å²) in [6.45, 7) is 3.71. The molecule has 0 saturated carbocycles. The number of nitrogens with zero attached hydrogens (tertiary/aromatic N) is 2. The second kappa shape index (κ2) is 12.3. The number of carbonyl (C=O) groups excluding carboxylic acids is 2. The number of halogens is 1. The smallest absolute Gasteiger partial charge is 0.244 e. The Labute approximate surface area is 195 Å². The Balaban J connectivity index is 2.28. The van der Waals surface area contributed by atoms with Gasteiger partial charge in [0.1, 0.15) is 18.4 Å². The summed E-state index contributed by atoms with van der Waals surface area (Å²) >= 11 is 0. The predicted octanol–water partition coefficient (Wildman–Crippen LogP) is 2.97. The third-order valence-corrected chi connectivity index (χ3v) is 6.41. The molecule has 0 radical (unpaired) electrons. The molecule has 0 heterocycles. The van der Waals surface area contributed by atoms with Crippen LogP contribution in [0.3, 0.4) is 0 Å². The van der Waals surface area contributed by atoms with E-state index in [4.69, 9.17) is 0 Å². The third kappa shape index (κ3) is 7.85. The van der Waals surface area contributed by atoms with E-state index < -0.39 is 34.3 Å². The minimum atomic E-state index is -3.95. The first-order valence-electron chi connectivity index (χ1n) is 11.0. The Morgan fingerprint density at radius 1 is 1.06 bits per heavy atom. The number of hydrogen-bond donors (Lipinski definition) is 1. The summed E-state index contributed by atoms with van der Waals surface area (Å²) in [7, 11) is -3.95. The van der Waals surface area contributed by atoms with Gasteiger partial charge in [-0.25, -0.2) is 12.8 Å². The topological polar surface area (TPSA) is 86.8 Å². The highest BCUT2D eigenvalue weighted by molar-refractivity contribution is 7.92. The SMILES string of the molecule is CCCCNC(=O)[C@@H](C)N(CCc1ccccc1)C(=O)CN(c1ccccc1F)S(C)(=O)=O. The molecule has 0 saturated heterocycles. The van der Waals surface area contributed by atoms with Crippen molar-refractivity contribution in [3.8, 4) is 0 Å². The molecule has 0 unspecified atom stereocenters. The molecule has 1 N–H and O–H groups in total. The second-order valence-corrected chi connectivity index (χ2v) is 9.77. The summed E-state index contributed by atoms with van der Waals surface area (Å²) in [6.07, 6.45) is 3.13. The van der Waals surface area contributed by atoms with Gasteiger partial charge in [0, 0.05) is 13.1 Å². The Bertz CT molecular complexity index is 1030. The highest BCUT2D eigenvalue weighted by Crippen LogP contribution is 2.22. The summed E-state index contributed by atoms with van der Waals surface area (Å²) in [5.41, 5.74) is 0.763. The summed E-state index contributed by atoms with van der Waals surface area (Å²) in [5.74, 6) is -1.66. The number of nitrogens with one attached hydrogen (secondary N) is 1. The standard InChI is InChI=1S/C24H32FN3O4S/c1-4-5-16-26-24(30)19(2)27(17-15-20-11-7-6-8-12-20)23(29)18-28(33(3,31)32)22-14-10-9-13-21(22)25/h6-14,19H,4-5,15-18H2,1-3H3,(H,26,30)/t19-/m1/s1. The monoisotopic (exact) mass is 477 g/mol. The summed E-state index contributed by atoms with van der Waals surface area (Å²) in [6, 6.07) is 14.0. The highest BCUT2D eigenvalue weighted by atomic mass is 32.2. The quantitative estimate of drug-likeness (QED) is 0.476. The summed E-state index contributed by atoms with van der Waals surface area (Å²) in [4.78, 5) is 27.3. The summed E-state index contributed by atoms with van der Waals surface area (Å²) < 4.78 is 39.9. The number of rotatable bonds is 12. The number of sulfonamides is 1. The van der Waals surface area contributed by atoms with Gasteiger partial charge >= 0.3 is 0 Å². The van der Waals surface area contributed by atoms with Gasteiger partial charge in [-0.3, -0.25) is 13.9 Å². The average Bonchev–Trinajstić information content (AvgIpc) is 2.78. The van der Waals surface area contributed by atoms with Crippen LogP contribution in [0.25, 0.3) is 0 Å². The lowest BCUT2D eigenvalue weighted by Crippen LogP contribution is -2.52. The number of para-hydroxylation sites is 1. The van der Waals surface area contributed by atoms with Crippen LogP contribution in [0.15, 0.2) is 54.6 Å². The fourth-order valence-corrected chi connectivity index (χ4v) is 4.21. The van der Waals surface area contributed by atoms with Crippen LogP contribution in [0.1, 0.15) is 32.3 Å². The predicted molar refractivity (Wildman–Crippen MR) is 128 cm³/mol.